The third kappa shape index (κ3) is 5.48. The first-order valence-corrected chi connectivity index (χ1v) is 6.56. The Morgan fingerprint density at radius 2 is 1.94 bits per heavy atom. The number of carbonyl (C=O) groups is 1. The molecule has 1 rings (SSSR count). The molecule has 1 amide bonds. The van der Waals surface area contributed by atoms with E-state index < -0.39 is 0 Å². The Morgan fingerprint density at radius 1 is 1.24 bits per heavy atom. The monoisotopic (exact) mass is 243 g/mol. The second-order valence-electron chi connectivity index (χ2n) is 4.36. The van der Waals surface area contributed by atoms with Crippen molar-refractivity contribution in [1.82, 2.24) is 9.80 Å². The molecule has 0 bridgehead atoms. The number of hydrogen-bond donors (Lipinski definition) is 1. The fourth-order valence-electron chi connectivity index (χ4n) is 1.98. The summed E-state index contributed by atoms with van der Waals surface area (Å²) < 4.78 is 5.14. The van der Waals surface area contributed by atoms with Gasteiger partial charge >= 0.3 is 0 Å². The molecule has 0 aromatic heterocycles. The molecular weight excluding hydrogens is 218 g/mol. The average molecular weight is 243 g/mol. The van der Waals surface area contributed by atoms with Gasteiger partial charge in [-0.25, -0.2) is 0 Å². The summed E-state index contributed by atoms with van der Waals surface area (Å²) in [5.74, 6) is 0.119. The third-order valence-electron chi connectivity index (χ3n) is 3.08. The average Bonchev–Trinajstić information content (AvgIpc) is 2.37. The molecule has 0 spiro atoms. The first kappa shape index (κ1) is 14.4. The van der Waals surface area contributed by atoms with E-state index in [0.717, 1.165) is 52.1 Å². The Hall–Kier alpha value is -0.650. The number of nitrogens with zero attached hydrogens (tertiary/aromatic N) is 2. The van der Waals surface area contributed by atoms with Crippen LogP contribution in [0, 0.1) is 0 Å². The van der Waals surface area contributed by atoms with E-state index in [0.29, 0.717) is 6.61 Å². The highest BCUT2D eigenvalue weighted by molar-refractivity contribution is 5.77. The zero-order valence-electron chi connectivity index (χ0n) is 10.9. The highest BCUT2D eigenvalue weighted by Crippen LogP contribution is 2.04. The van der Waals surface area contributed by atoms with Gasteiger partial charge in [-0.05, 0) is 32.9 Å². The van der Waals surface area contributed by atoms with E-state index in [1.54, 1.807) is 0 Å². The van der Waals surface area contributed by atoms with Gasteiger partial charge in [0.15, 0.2) is 0 Å². The van der Waals surface area contributed by atoms with Gasteiger partial charge < -0.3 is 15.4 Å². The first-order chi connectivity index (χ1) is 8.27. The van der Waals surface area contributed by atoms with Crippen molar-refractivity contribution >= 4 is 5.91 Å². The molecule has 1 aliphatic heterocycles. The van der Waals surface area contributed by atoms with Crippen LogP contribution < -0.4 is 5.73 Å². The van der Waals surface area contributed by atoms with E-state index >= 15 is 0 Å². The van der Waals surface area contributed by atoms with Crippen LogP contribution in [-0.2, 0) is 9.53 Å². The molecule has 100 valence electrons. The minimum absolute atomic E-state index is 0.119. The molecule has 0 atom stereocenters. The van der Waals surface area contributed by atoms with Crippen molar-refractivity contribution in [3.8, 4) is 0 Å². The number of rotatable bonds is 7. The van der Waals surface area contributed by atoms with Crippen molar-refractivity contribution in [2.45, 2.75) is 19.8 Å². The second kappa shape index (κ2) is 8.44. The molecule has 0 unspecified atom stereocenters. The summed E-state index contributed by atoms with van der Waals surface area (Å²) in [6.07, 6.45) is 2.24. The van der Waals surface area contributed by atoms with Gasteiger partial charge in [0.25, 0.3) is 0 Å². The molecule has 1 aliphatic rings. The van der Waals surface area contributed by atoms with Crippen LogP contribution in [0.4, 0.5) is 0 Å². The predicted octanol–water partition coefficient (Wildman–Crippen LogP) is -0.0940. The van der Waals surface area contributed by atoms with E-state index in [2.05, 4.69) is 4.90 Å². The molecule has 17 heavy (non-hydrogen) atoms. The standard InChI is InChI=1S/C12H25N3O2/c1-2-17-11-12(16)15-9-7-14(8-10-15)6-4-3-5-13/h2-11,13H2,1H3. The lowest BCUT2D eigenvalue weighted by molar-refractivity contribution is -0.137. The predicted molar refractivity (Wildman–Crippen MR) is 67.8 cm³/mol. The van der Waals surface area contributed by atoms with Crippen LogP contribution in [-0.4, -0.2) is 68.2 Å². The first-order valence-electron chi connectivity index (χ1n) is 6.56. The Labute approximate surface area is 104 Å². The van der Waals surface area contributed by atoms with Crippen LogP contribution in [0.15, 0.2) is 0 Å². The number of piperazine rings is 1. The van der Waals surface area contributed by atoms with Crippen LogP contribution in [0.5, 0.6) is 0 Å². The van der Waals surface area contributed by atoms with Gasteiger partial charge in [0, 0.05) is 32.8 Å². The number of ether oxygens (including phenoxy) is 1. The molecule has 1 fully saturated rings. The van der Waals surface area contributed by atoms with Gasteiger partial charge in [-0.15, -0.1) is 0 Å². The summed E-state index contributed by atoms with van der Waals surface area (Å²) in [4.78, 5) is 16.0. The maximum Gasteiger partial charge on any atom is 0.248 e. The van der Waals surface area contributed by atoms with E-state index in [1.807, 2.05) is 11.8 Å². The normalized spacial score (nSPS) is 17.4. The van der Waals surface area contributed by atoms with Crippen molar-refractivity contribution in [2.75, 3.05) is 52.5 Å². The van der Waals surface area contributed by atoms with Crippen molar-refractivity contribution in [2.24, 2.45) is 5.73 Å². The second-order valence-corrected chi connectivity index (χ2v) is 4.36. The quantitative estimate of drug-likeness (QED) is 0.635. The van der Waals surface area contributed by atoms with Gasteiger partial charge in [-0.2, -0.15) is 0 Å². The molecule has 0 saturated carbocycles. The lowest BCUT2D eigenvalue weighted by atomic mass is 10.2. The zero-order chi connectivity index (χ0) is 12.5. The van der Waals surface area contributed by atoms with Gasteiger partial charge in [0.2, 0.25) is 5.91 Å². The Bertz CT molecular complexity index is 216. The van der Waals surface area contributed by atoms with Crippen LogP contribution in [0.2, 0.25) is 0 Å². The van der Waals surface area contributed by atoms with Crippen molar-refractivity contribution in [3.05, 3.63) is 0 Å². The molecule has 0 aliphatic carbocycles. The maximum atomic E-state index is 11.7. The topological polar surface area (TPSA) is 58.8 Å². The Morgan fingerprint density at radius 3 is 2.53 bits per heavy atom. The Balaban J connectivity index is 2.14. The van der Waals surface area contributed by atoms with E-state index in [4.69, 9.17) is 10.5 Å². The molecule has 1 saturated heterocycles. The van der Waals surface area contributed by atoms with Crippen molar-refractivity contribution < 1.29 is 9.53 Å². The van der Waals surface area contributed by atoms with Gasteiger partial charge in [0.05, 0.1) is 0 Å². The maximum absolute atomic E-state index is 11.7. The molecular formula is C12H25N3O2. The summed E-state index contributed by atoms with van der Waals surface area (Å²) in [5, 5.41) is 0. The summed E-state index contributed by atoms with van der Waals surface area (Å²) in [6, 6.07) is 0. The Kier molecular flexibility index (Phi) is 7.16. The van der Waals surface area contributed by atoms with Gasteiger partial charge in [-0.3, -0.25) is 9.69 Å². The summed E-state index contributed by atoms with van der Waals surface area (Å²) >= 11 is 0. The highest BCUT2D eigenvalue weighted by atomic mass is 16.5. The summed E-state index contributed by atoms with van der Waals surface area (Å²) in [7, 11) is 0. The molecule has 1 heterocycles. The molecule has 0 aromatic rings. The number of unbranched alkanes of at least 4 members (excludes halogenated alkanes) is 1. The van der Waals surface area contributed by atoms with Crippen molar-refractivity contribution in [1.29, 1.82) is 0 Å². The van der Waals surface area contributed by atoms with E-state index in [9.17, 15) is 4.79 Å². The van der Waals surface area contributed by atoms with Crippen LogP contribution in [0.1, 0.15) is 19.8 Å². The van der Waals surface area contributed by atoms with Crippen LogP contribution in [0.25, 0.3) is 0 Å². The zero-order valence-corrected chi connectivity index (χ0v) is 10.9. The number of nitrogens with two attached hydrogens (primary N) is 1. The van der Waals surface area contributed by atoms with Crippen LogP contribution in [0.3, 0.4) is 0 Å². The number of amides is 1. The number of carbonyl (C=O) groups excluding carboxylic acids is 1. The van der Waals surface area contributed by atoms with Crippen molar-refractivity contribution in [3.63, 3.8) is 0 Å². The summed E-state index contributed by atoms with van der Waals surface area (Å²) in [5.41, 5.74) is 5.47. The van der Waals surface area contributed by atoms with Gasteiger partial charge in [-0.1, -0.05) is 0 Å². The van der Waals surface area contributed by atoms with E-state index in [-0.39, 0.29) is 12.5 Å². The smallest absolute Gasteiger partial charge is 0.248 e. The lowest BCUT2D eigenvalue weighted by Crippen LogP contribution is -2.49. The fourth-order valence-corrected chi connectivity index (χ4v) is 1.98. The van der Waals surface area contributed by atoms with E-state index in [1.165, 1.54) is 0 Å². The fraction of sp³-hybridized carbons (Fsp3) is 0.917. The third-order valence-corrected chi connectivity index (χ3v) is 3.08. The molecule has 5 nitrogen and oxygen atoms in total. The molecule has 2 N–H and O–H groups in total. The lowest BCUT2D eigenvalue weighted by Gasteiger charge is -2.34. The molecule has 0 radical (unpaired) electrons. The SMILES string of the molecule is CCOCC(=O)N1CCN(CCCCN)CC1. The minimum atomic E-state index is 0.119. The molecule has 5 heteroatoms. The largest absolute Gasteiger partial charge is 0.372 e. The van der Waals surface area contributed by atoms with Crippen LogP contribution >= 0.6 is 0 Å². The number of hydrogen-bond acceptors (Lipinski definition) is 4. The van der Waals surface area contributed by atoms with Gasteiger partial charge in [0.1, 0.15) is 6.61 Å². The highest BCUT2D eigenvalue weighted by Gasteiger charge is 2.20. The summed E-state index contributed by atoms with van der Waals surface area (Å²) in [6.45, 7) is 8.21. The molecule has 0 aromatic carbocycles. The minimum Gasteiger partial charge on any atom is -0.372 e.